The predicted octanol–water partition coefficient (Wildman–Crippen LogP) is 3.12. The summed E-state index contributed by atoms with van der Waals surface area (Å²) in [7, 11) is 1.19. The number of benzene rings is 2. The molecule has 2 aromatic carbocycles. The van der Waals surface area contributed by atoms with Gasteiger partial charge >= 0.3 is 5.97 Å². The number of carbonyl (C=O) groups is 1. The van der Waals surface area contributed by atoms with Crippen LogP contribution in [0.1, 0.15) is 10.4 Å². The molecule has 5 heteroatoms. The molecule has 0 amide bonds. The molecular weight excluding hydrogens is 254 g/mol. The fourth-order valence-corrected chi connectivity index (χ4v) is 1.71. The van der Waals surface area contributed by atoms with Crippen molar-refractivity contribution in [3.8, 4) is 16.9 Å². The molecular formula is C14H10F2O3. The average Bonchev–Trinajstić information content (AvgIpc) is 2.37. The zero-order valence-corrected chi connectivity index (χ0v) is 9.98. The lowest BCUT2D eigenvalue weighted by atomic mass is 10.0. The first-order valence-electron chi connectivity index (χ1n) is 5.39. The minimum Gasteiger partial charge on any atom is -0.507 e. The third kappa shape index (κ3) is 2.54. The SMILES string of the molecule is COC(=O)c1ccc(-c2ccc(F)cc2F)cc1O. The number of aromatic hydroxyl groups is 1. The summed E-state index contributed by atoms with van der Waals surface area (Å²) in [5, 5.41) is 9.70. The first kappa shape index (κ1) is 13.0. The third-order valence-corrected chi connectivity index (χ3v) is 2.65. The number of methoxy groups -OCH3 is 1. The van der Waals surface area contributed by atoms with E-state index in [0.717, 1.165) is 12.1 Å². The van der Waals surface area contributed by atoms with Gasteiger partial charge in [0.25, 0.3) is 0 Å². The Balaban J connectivity index is 2.47. The standard InChI is InChI=1S/C14H10F2O3/c1-19-14(18)11-4-2-8(6-13(11)17)10-5-3-9(15)7-12(10)16/h2-7,17H,1H3. The van der Waals surface area contributed by atoms with Gasteiger partial charge in [-0.3, -0.25) is 0 Å². The number of hydrogen-bond acceptors (Lipinski definition) is 3. The third-order valence-electron chi connectivity index (χ3n) is 2.65. The maximum Gasteiger partial charge on any atom is 0.341 e. The summed E-state index contributed by atoms with van der Waals surface area (Å²) in [6, 6.07) is 7.12. The van der Waals surface area contributed by atoms with Gasteiger partial charge in [0.2, 0.25) is 0 Å². The summed E-state index contributed by atoms with van der Waals surface area (Å²) in [6.45, 7) is 0. The molecule has 0 heterocycles. The molecule has 0 saturated heterocycles. The number of esters is 1. The number of ether oxygens (including phenoxy) is 1. The number of phenolic OH excluding ortho intramolecular Hbond substituents is 1. The van der Waals surface area contributed by atoms with E-state index in [2.05, 4.69) is 4.74 Å². The van der Waals surface area contributed by atoms with Gasteiger partial charge in [-0.1, -0.05) is 6.07 Å². The Bertz CT molecular complexity index is 639. The van der Waals surface area contributed by atoms with Crippen LogP contribution in [0.5, 0.6) is 5.75 Å². The topological polar surface area (TPSA) is 46.5 Å². The highest BCUT2D eigenvalue weighted by molar-refractivity contribution is 5.93. The van der Waals surface area contributed by atoms with Crippen molar-refractivity contribution in [3.63, 3.8) is 0 Å². The minimum atomic E-state index is -0.745. The average molecular weight is 264 g/mol. The molecule has 1 N–H and O–H groups in total. The zero-order valence-electron chi connectivity index (χ0n) is 9.98. The number of rotatable bonds is 2. The Morgan fingerprint density at radius 1 is 1.16 bits per heavy atom. The second-order valence-corrected chi connectivity index (χ2v) is 3.85. The molecule has 3 nitrogen and oxygen atoms in total. The quantitative estimate of drug-likeness (QED) is 0.848. The molecule has 2 aromatic rings. The molecule has 0 aliphatic carbocycles. The summed E-state index contributed by atoms with van der Waals surface area (Å²) in [5.41, 5.74) is 0.449. The molecule has 19 heavy (non-hydrogen) atoms. The largest absolute Gasteiger partial charge is 0.507 e. The first-order chi connectivity index (χ1) is 9.02. The Labute approximate surface area is 108 Å². The maximum absolute atomic E-state index is 13.6. The summed E-state index contributed by atoms with van der Waals surface area (Å²) in [4.78, 5) is 11.3. The van der Waals surface area contributed by atoms with Crippen molar-refractivity contribution in [3.05, 3.63) is 53.6 Å². The van der Waals surface area contributed by atoms with Gasteiger partial charge in [0, 0.05) is 11.6 Å². The van der Waals surface area contributed by atoms with Crippen LogP contribution in [0.4, 0.5) is 8.78 Å². The summed E-state index contributed by atoms with van der Waals surface area (Å²) in [5.74, 6) is -2.45. The smallest absolute Gasteiger partial charge is 0.341 e. The Hall–Kier alpha value is -2.43. The molecule has 0 unspecified atom stereocenters. The molecule has 98 valence electrons. The number of carbonyl (C=O) groups excluding carboxylic acids is 1. The van der Waals surface area contributed by atoms with Gasteiger partial charge in [0.1, 0.15) is 22.9 Å². The van der Waals surface area contributed by atoms with E-state index in [4.69, 9.17) is 0 Å². The van der Waals surface area contributed by atoms with Crippen LogP contribution in [-0.2, 0) is 4.74 Å². The van der Waals surface area contributed by atoms with Crippen LogP contribution in [0, 0.1) is 11.6 Å². The second-order valence-electron chi connectivity index (χ2n) is 3.85. The number of hydrogen-bond donors (Lipinski definition) is 1. The molecule has 0 spiro atoms. The van der Waals surface area contributed by atoms with E-state index >= 15 is 0 Å². The molecule has 0 radical (unpaired) electrons. The van der Waals surface area contributed by atoms with Crippen LogP contribution < -0.4 is 0 Å². The normalized spacial score (nSPS) is 10.3. The van der Waals surface area contributed by atoms with Gasteiger partial charge in [-0.15, -0.1) is 0 Å². The molecule has 0 atom stereocenters. The first-order valence-corrected chi connectivity index (χ1v) is 5.39. The highest BCUT2D eigenvalue weighted by atomic mass is 19.1. The number of halogens is 2. The minimum absolute atomic E-state index is 0.0197. The van der Waals surface area contributed by atoms with Gasteiger partial charge in [-0.25, -0.2) is 13.6 Å². The van der Waals surface area contributed by atoms with Crippen LogP contribution in [0.25, 0.3) is 11.1 Å². The lowest BCUT2D eigenvalue weighted by Gasteiger charge is -2.07. The van der Waals surface area contributed by atoms with Gasteiger partial charge in [0.05, 0.1) is 7.11 Å². The van der Waals surface area contributed by atoms with E-state index in [1.54, 1.807) is 0 Å². The predicted molar refractivity (Wildman–Crippen MR) is 64.8 cm³/mol. The van der Waals surface area contributed by atoms with Crippen LogP contribution in [0.3, 0.4) is 0 Å². The van der Waals surface area contributed by atoms with Crippen molar-refractivity contribution >= 4 is 5.97 Å². The monoisotopic (exact) mass is 264 g/mol. The van der Waals surface area contributed by atoms with Crippen molar-refractivity contribution in [2.24, 2.45) is 0 Å². The highest BCUT2D eigenvalue weighted by Gasteiger charge is 2.14. The van der Waals surface area contributed by atoms with Gasteiger partial charge in [-0.2, -0.15) is 0 Å². The Kier molecular flexibility index (Phi) is 3.46. The lowest BCUT2D eigenvalue weighted by molar-refractivity contribution is 0.0597. The Morgan fingerprint density at radius 2 is 1.89 bits per heavy atom. The Morgan fingerprint density at radius 3 is 2.47 bits per heavy atom. The van der Waals surface area contributed by atoms with Crippen molar-refractivity contribution in [2.75, 3.05) is 7.11 Å². The molecule has 0 bridgehead atoms. The van der Waals surface area contributed by atoms with Crippen LogP contribution in [0.15, 0.2) is 36.4 Å². The molecule has 0 saturated carbocycles. The lowest BCUT2D eigenvalue weighted by Crippen LogP contribution is -2.01. The highest BCUT2D eigenvalue weighted by Crippen LogP contribution is 2.29. The maximum atomic E-state index is 13.6. The van der Waals surface area contributed by atoms with E-state index in [9.17, 15) is 18.7 Å². The molecule has 0 aliphatic rings. The van der Waals surface area contributed by atoms with Crippen molar-refractivity contribution in [1.82, 2.24) is 0 Å². The van der Waals surface area contributed by atoms with E-state index in [0.29, 0.717) is 5.56 Å². The zero-order chi connectivity index (χ0) is 14.0. The fraction of sp³-hybridized carbons (Fsp3) is 0.0714. The molecule has 0 aliphatic heterocycles. The summed E-state index contributed by atoms with van der Waals surface area (Å²) in [6.07, 6.45) is 0. The van der Waals surface area contributed by atoms with E-state index in [-0.39, 0.29) is 16.9 Å². The fourth-order valence-electron chi connectivity index (χ4n) is 1.71. The van der Waals surface area contributed by atoms with Crippen molar-refractivity contribution in [1.29, 1.82) is 0 Å². The van der Waals surface area contributed by atoms with Gasteiger partial charge in [0.15, 0.2) is 0 Å². The van der Waals surface area contributed by atoms with E-state index < -0.39 is 17.6 Å². The number of phenols is 1. The molecule has 0 aromatic heterocycles. The van der Waals surface area contributed by atoms with Crippen molar-refractivity contribution < 1.29 is 23.4 Å². The molecule has 2 rings (SSSR count). The van der Waals surface area contributed by atoms with E-state index in [1.165, 1.54) is 31.4 Å². The van der Waals surface area contributed by atoms with E-state index in [1.807, 2.05) is 0 Å². The van der Waals surface area contributed by atoms with Gasteiger partial charge in [-0.05, 0) is 29.8 Å². The van der Waals surface area contributed by atoms with Gasteiger partial charge < -0.3 is 9.84 Å². The van der Waals surface area contributed by atoms with Crippen LogP contribution in [-0.4, -0.2) is 18.2 Å². The van der Waals surface area contributed by atoms with Crippen molar-refractivity contribution in [2.45, 2.75) is 0 Å². The molecule has 0 fully saturated rings. The summed E-state index contributed by atoms with van der Waals surface area (Å²) >= 11 is 0. The van der Waals surface area contributed by atoms with Crippen LogP contribution >= 0.6 is 0 Å². The second kappa shape index (κ2) is 5.06. The summed E-state index contributed by atoms with van der Waals surface area (Å²) < 4.78 is 30.9. The van der Waals surface area contributed by atoms with Crippen LogP contribution in [0.2, 0.25) is 0 Å².